The van der Waals surface area contributed by atoms with Crippen molar-refractivity contribution in [1.29, 1.82) is 0 Å². The Morgan fingerprint density at radius 2 is 1.78 bits per heavy atom. The summed E-state index contributed by atoms with van der Waals surface area (Å²) >= 11 is 0. The van der Waals surface area contributed by atoms with Gasteiger partial charge in [-0.2, -0.15) is 0 Å². The van der Waals surface area contributed by atoms with Gasteiger partial charge in [-0.25, -0.2) is 9.18 Å². The predicted molar refractivity (Wildman–Crippen MR) is 68.3 cm³/mol. The molecule has 2 rings (SSSR count). The smallest absolute Gasteiger partial charge is 0.336 e. The van der Waals surface area contributed by atoms with Gasteiger partial charge in [-0.3, -0.25) is 0 Å². The van der Waals surface area contributed by atoms with Crippen molar-refractivity contribution in [3.05, 3.63) is 71.5 Å². The van der Waals surface area contributed by atoms with Crippen LogP contribution in [0, 0.1) is 5.82 Å². The molecule has 0 amide bonds. The number of aliphatic carboxylic acids is 1. The van der Waals surface area contributed by atoms with E-state index >= 15 is 0 Å². The summed E-state index contributed by atoms with van der Waals surface area (Å²) in [6.45, 7) is 0. The molecule has 0 aromatic heterocycles. The zero-order valence-electron chi connectivity index (χ0n) is 9.51. The van der Waals surface area contributed by atoms with Crippen LogP contribution in [0.25, 0.3) is 11.6 Å². The van der Waals surface area contributed by atoms with Crippen molar-refractivity contribution in [3.63, 3.8) is 0 Å². The third-order valence-electron chi connectivity index (χ3n) is 2.47. The molecule has 0 unspecified atom stereocenters. The zero-order chi connectivity index (χ0) is 13.0. The van der Waals surface area contributed by atoms with Crippen LogP contribution in [0.4, 0.5) is 4.39 Å². The highest BCUT2D eigenvalue weighted by atomic mass is 19.1. The fraction of sp³-hybridized carbons (Fsp3) is 0. The molecular weight excluding hydrogens is 231 g/mol. The number of hydrogen-bond donors (Lipinski definition) is 1. The van der Waals surface area contributed by atoms with Crippen molar-refractivity contribution < 1.29 is 14.3 Å². The molecule has 0 saturated carbocycles. The number of halogens is 1. The summed E-state index contributed by atoms with van der Waals surface area (Å²) in [6.07, 6.45) is 1.46. The average molecular weight is 242 g/mol. The van der Waals surface area contributed by atoms with Crippen molar-refractivity contribution in [2.75, 3.05) is 0 Å². The first-order chi connectivity index (χ1) is 8.66. The third-order valence-corrected chi connectivity index (χ3v) is 2.47. The van der Waals surface area contributed by atoms with E-state index in [1.807, 2.05) is 6.07 Å². The Hall–Kier alpha value is -2.42. The van der Waals surface area contributed by atoms with Crippen molar-refractivity contribution in [2.45, 2.75) is 0 Å². The summed E-state index contributed by atoms with van der Waals surface area (Å²) in [5, 5.41) is 9.20. The lowest BCUT2D eigenvalue weighted by molar-refractivity contribution is -0.130. The summed E-state index contributed by atoms with van der Waals surface area (Å²) < 4.78 is 13.0. The molecule has 18 heavy (non-hydrogen) atoms. The Bertz CT molecular complexity index is 588. The van der Waals surface area contributed by atoms with Crippen LogP contribution in [-0.2, 0) is 4.79 Å². The highest BCUT2D eigenvalue weighted by Gasteiger charge is 2.09. The molecule has 0 radical (unpaired) electrons. The summed E-state index contributed by atoms with van der Waals surface area (Å²) in [7, 11) is 0. The molecule has 1 N–H and O–H groups in total. The number of benzene rings is 2. The first-order valence-electron chi connectivity index (χ1n) is 5.43. The highest BCUT2D eigenvalue weighted by Crippen LogP contribution is 2.18. The van der Waals surface area contributed by atoms with Crippen molar-refractivity contribution in [1.82, 2.24) is 0 Å². The van der Waals surface area contributed by atoms with E-state index in [4.69, 9.17) is 0 Å². The topological polar surface area (TPSA) is 37.3 Å². The Balaban J connectivity index is 2.46. The van der Waals surface area contributed by atoms with Gasteiger partial charge in [0, 0.05) is 0 Å². The second kappa shape index (κ2) is 5.27. The van der Waals surface area contributed by atoms with E-state index in [9.17, 15) is 14.3 Å². The standard InChI is InChI=1S/C15H11FO2/c16-13-8-4-5-11(9-13)10-14(15(17)18)12-6-2-1-3-7-12/h1-10H,(H,17,18)/b14-10-. The molecule has 3 heteroatoms. The number of carboxylic acid groups (broad SMARTS) is 1. The lowest BCUT2D eigenvalue weighted by atomic mass is 10.0. The molecule has 0 bridgehead atoms. The molecular formula is C15H11FO2. The van der Waals surface area contributed by atoms with Gasteiger partial charge in [0.15, 0.2) is 0 Å². The van der Waals surface area contributed by atoms with Gasteiger partial charge >= 0.3 is 5.97 Å². The van der Waals surface area contributed by atoms with Crippen LogP contribution in [0.1, 0.15) is 11.1 Å². The van der Waals surface area contributed by atoms with Gasteiger partial charge in [-0.1, -0.05) is 42.5 Å². The second-order valence-electron chi connectivity index (χ2n) is 3.78. The van der Waals surface area contributed by atoms with E-state index in [0.29, 0.717) is 11.1 Å². The Kier molecular flexibility index (Phi) is 3.53. The molecule has 0 heterocycles. The monoisotopic (exact) mass is 242 g/mol. The molecule has 0 fully saturated rings. The van der Waals surface area contributed by atoms with Gasteiger partial charge in [0.2, 0.25) is 0 Å². The van der Waals surface area contributed by atoms with Crippen LogP contribution in [-0.4, -0.2) is 11.1 Å². The van der Waals surface area contributed by atoms with Crippen LogP contribution >= 0.6 is 0 Å². The predicted octanol–water partition coefficient (Wildman–Crippen LogP) is 3.45. The lowest BCUT2D eigenvalue weighted by Crippen LogP contribution is -1.99. The van der Waals surface area contributed by atoms with Crippen molar-refractivity contribution in [2.24, 2.45) is 0 Å². The maximum atomic E-state index is 13.0. The van der Waals surface area contributed by atoms with Gasteiger partial charge in [0.05, 0.1) is 5.57 Å². The minimum atomic E-state index is -1.04. The number of carboxylic acids is 1. The van der Waals surface area contributed by atoms with E-state index in [-0.39, 0.29) is 11.4 Å². The van der Waals surface area contributed by atoms with E-state index < -0.39 is 5.97 Å². The SMILES string of the molecule is O=C(O)/C(=C\c1cccc(F)c1)c1ccccc1. The number of hydrogen-bond acceptors (Lipinski definition) is 1. The molecule has 0 aliphatic rings. The van der Waals surface area contributed by atoms with Crippen molar-refractivity contribution in [3.8, 4) is 0 Å². The van der Waals surface area contributed by atoms with Crippen LogP contribution in [0.3, 0.4) is 0 Å². The third kappa shape index (κ3) is 2.83. The molecule has 0 atom stereocenters. The first kappa shape index (κ1) is 12.0. The lowest BCUT2D eigenvalue weighted by Gasteiger charge is -2.03. The minimum Gasteiger partial charge on any atom is -0.478 e. The van der Waals surface area contributed by atoms with Gasteiger partial charge in [0.1, 0.15) is 5.82 Å². The van der Waals surface area contributed by atoms with E-state index in [1.54, 1.807) is 36.4 Å². The molecule has 0 aliphatic heterocycles. The largest absolute Gasteiger partial charge is 0.478 e. The van der Waals surface area contributed by atoms with Gasteiger partial charge in [0.25, 0.3) is 0 Å². The number of carbonyl (C=O) groups is 1. The molecule has 90 valence electrons. The second-order valence-corrected chi connectivity index (χ2v) is 3.78. The summed E-state index contributed by atoms with van der Waals surface area (Å²) in [6, 6.07) is 14.6. The molecule has 0 saturated heterocycles. The van der Waals surface area contributed by atoms with Crippen LogP contribution in [0.15, 0.2) is 54.6 Å². The highest BCUT2D eigenvalue weighted by molar-refractivity contribution is 6.20. The Labute approximate surface area is 104 Å². The molecule has 0 spiro atoms. The Morgan fingerprint density at radius 3 is 2.39 bits per heavy atom. The molecule has 2 aromatic rings. The molecule has 2 aromatic carbocycles. The van der Waals surface area contributed by atoms with Crippen LogP contribution in [0.2, 0.25) is 0 Å². The van der Waals surface area contributed by atoms with Crippen LogP contribution in [0.5, 0.6) is 0 Å². The summed E-state index contributed by atoms with van der Waals surface area (Å²) in [5.41, 5.74) is 1.26. The fourth-order valence-corrected chi connectivity index (χ4v) is 1.65. The van der Waals surface area contributed by atoms with Gasteiger partial charge in [-0.15, -0.1) is 0 Å². The first-order valence-corrected chi connectivity index (χ1v) is 5.43. The zero-order valence-corrected chi connectivity index (χ0v) is 9.51. The van der Waals surface area contributed by atoms with Crippen molar-refractivity contribution >= 4 is 17.6 Å². The molecule has 0 aliphatic carbocycles. The minimum absolute atomic E-state index is 0.140. The summed E-state index contributed by atoms with van der Waals surface area (Å²) in [4.78, 5) is 11.2. The molecule has 2 nitrogen and oxygen atoms in total. The Morgan fingerprint density at radius 1 is 1.06 bits per heavy atom. The number of rotatable bonds is 3. The van der Waals surface area contributed by atoms with E-state index in [2.05, 4.69) is 0 Å². The maximum absolute atomic E-state index is 13.0. The fourth-order valence-electron chi connectivity index (χ4n) is 1.65. The van der Waals surface area contributed by atoms with Crippen LogP contribution < -0.4 is 0 Å². The normalized spacial score (nSPS) is 11.3. The quantitative estimate of drug-likeness (QED) is 0.661. The summed E-state index contributed by atoms with van der Waals surface area (Å²) in [5.74, 6) is -1.42. The maximum Gasteiger partial charge on any atom is 0.336 e. The van der Waals surface area contributed by atoms with E-state index in [1.165, 1.54) is 18.2 Å². The van der Waals surface area contributed by atoms with E-state index in [0.717, 1.165) is 0 Å². The van der Waals surface area contributed by atoms with Gasteiger partial charge in [-0.05, 0) is 29.3 Å². The average Bonchev–Trinajstić information content (AvgIpc) is 2.37. The van der Waals surface area contributed by atoms with Gasteiger partial charge < -0.3 is 5.11 Å².